The summed E-state index contributed by atoms with van der Waals surface area (Å²) in [5, 5.41) is 11.1. The van der Waals surface area contributed by atoms with E-state index >= 15 is 0 Å². The van der Waals surface area contributed by atoms with Crippen LogP contribution in [0.3, 0.4) is 0 Å². The van der Waals surface area contributed by atoms with E-state index in [0.717, 1.165) is 16.1 Å². The van der Waals surface area contributed by atoms with E-state index in [-0.39, 0.29) is 5.75 Å². The van der Waals surface area contributed by atoms with Crippen molar-refractivity contribution in [2.24, 2.45) is 0 Å². The Morgan fingerprint density at radius 3 is 2.31 bits per heavy atom. The van der Waals surface area contributed by atoms with Gasteiger partial charge in [0.05, 0.1) is 10.6 Å². The summed E-state index contributed by atoms with van der Waals surface area (Å²) in [5.41, 5.74) is 7.59. The first-order chi connectivity index (χ1) is 6.27. The molecule has 0 amide bonds. The average molecular weight is 191 g/mol. The fourth-order valence-electron chi connectivity index (χ4n) is 1.17. The quantitative estimate of drug-likeness (QED) is 0.728. The SMILES string of the molecule is Nc1ccsc1-c1ccc(O)cc1. The lowest BCUT2D eigenvalue weighted by Crippen LogP contribution is -1.82. The van der Waals surface area contributed by atoms with Gasteiger partial charge in [0.1, 0.15) is 5.75 Å². The molecular formula is C10H9NOS. The summed E-state index contributed by atoms with van der Waals surface area (Å²) in [7, 11) is 0. The van der Waals surface area contributed by atoms with E-state index in [1.807, 2.05) is 23.6 Å². The van der Waals surface area contributed by atoms with Gasteiger partial charge >= 0.3 is 0 Å². The van der Waals surface area contributed by atoms with Crippen molar-refractivity contribution < 1.29 is 5.11 Å². The Bertz CT molecular complexity index is 405. The molecule has 0 saturated heterocycles. The second-order valence-corrected chi connectivity index (χ2v) is 3.67. The van der Waals surface area contributed by atoms with Crippen LogP contribution in [0.1, 0.15) is 0 Å². The molecule has 2 nitrogen and oxygen atoms in total. The Morgan fingerprint density at radius 2 is 1.77 bits per heavy atom. The molecule has 0 bridgehead atoms. The van der Waals surface area contributed by atoms with Gasteiger partial charge in [0.25, 0.3) is 0 Å². The second-order valence-electron chi connectivity index (χ2n) is 2.75. The van der Waals surface area contributed by atoms with Crippen LogP contribution in [-0.2, 0) is 0 Å². The zero-order chi connectivity index (χ0) is 9.26. The molecule has 0 spiro atoms. The highest BCUT2D eigenvalue weighted by Crippen LogP contribution is 2.31. The van der Waals surface area contributed by atoms with Crippen LogP contribution in [0.4, 0.5) is 5.69 Å². The third-order valence-electron chi connectivity index (χ3n) is 1.83. The first-order valence-corrected chi connectivity index (χ1v) is 4.78. The van der Waals surface area contributed by atoms with Crippen LogP contribution in [0.5, 0.6) is 5.75 Å². The summed E-state index contributed by atoms with van der Waals surface area (Å²) in [6, 6.07) is 8.92. The molecule has 3 N–H and O–H groups in total. The van der Waals surface area contributed by atoms with Gasteiger partial charge in [-0.1, -0.05) is 0 Å². The maximum Gasteiger partial charge on any atom is 0.115 e. The molecule has 0 fully saturated rings. The number of aromatic hydroxyl groups is 1. The Balaban J connectivity index is 2.47. The van der Waals surface area contributed by atoms with Gasteiger partial charge in [0.15, 0.2) is 0 Å². The van der Waals surface area contributed by atoms with Crippen molar-refractivity contribution in [2.75, 3.05) is 5.73 Å². The van der Waals surface area contributed by atoms with E-state index in [1.165, 1.54) is 0 Å². The number of phenols is 1. The summed E-state index contributed by atoms with van der Waals surface area (Å²) in [6.07, 6.45) is 0. The molecule has 66 valence electrons. The molecule has 0 aliphatic carbocycles. The topological polar surface area (TPSA) is 46.2 Å². The second kappa shape index (κ2) is 3.11. The van der Waals surface area contributed by atoms with Crippen LogP contribution >= 0.6 is 11.3 Å². The van der Waals surface area contributed by atoms with E-state index in [0.29, 0.717) is 0 Å². The molecule has 0 radical (unpaired) electrons. The first kappa shape index (κ1) is 8.13. The van der Waals surface area contributed by atoms with Crippen molar-refractivity contribution in [1.29, 1.82) is 0 Å². The highest BCUT2D eigenvalue weighted by Gasteiger charge is 2.02. The van der Waals surface area contributed by atoms with Crippen molar-refractivity contribution in [1.82, 2.24) is 0 Å². The molecule has 0 aliphatic heterocycles. The summed E-state index contributed by atoms with van der Waals surface area (Å²) < 4.78 is 0. The van der Waals surface area contributed by atoms with Gasteiger partial charge < -0.3 is 10.8 Å². The van der Waals surface area contributed by atoms with E-state index in [1.54, 1.807) is 23.5 Å². The van der Waals surface area contributed by atoms with Crippen LogP contribution < -0.4 is 5.73 Å². The summed E-state index contributed by atoms with van der Waals surface area (Å²) >= 11 is 1.60. The van der Waals surface area contributed by atoms with Gasteiger partial charge in [-0.15, -0.1) is 11.3 Å². The molecule has 1 heterocycles. The number of rotatable bonds is 1. The zero-order valence-corrected chi connectivity index (χ0v) is 7.71. The number of anilines is 1. The molecule has 0 saturated carbocycles. The smallest absolute Gasteiger partial charge is 0.115 e. The van der Waals surface area contributed by atoms with Crippen LogP contribution in [0.25, 0.3) is 10.4 Å². The highest BCUT2D eigenvalue weighted by molar-refractivity contribution is 7.14. The summed E-state index contributed by atoms with van der Waals surface area (Å²) in [5.74, 6) is 0.277. The van der Waals surface area contributed by atoms with Crippen molar-refractivity contribution in [3.05, 3.63) is 35.7 Å². The van der Waals surface area contributed by atoms with Gasteiger partial charge in [-0.2, -0.15) is 0 Å². The standard InChI is InChI=1S/C10H9NOS/c11-9-5-6-13-10(9)7-1-3-8(12)4-2-7/h1-6,12H,11H2. The maximum atomic E-state index is 9.10. The predicted octanol–water partition coefficient (Wildman–Crippen LogP) is 2.70. The van der Waals surface area contributed by atoms with Gasteiger partial charge in [-0.3, -0.25) is 0 Å². The predicted molar refractivity (Wildman–Crippen MR) is 55.8 cm³/mol. The molecular weight excluding hydrogens is 182 g/mol. The van der Waals surface area contributed by atoms with Gasteiger partial charge in [-0.25, -0.2) is 0 Å². The van der Waals surface area contributed by atoms with E-state index in [4.69, 9.17) is 10.8 Å². The van der Waals surface area contributed by atoms with E-state index in [2.05, 4.69) is 0 Å². The normalized spacial score (nSPS) is 10.2. The Hall–Kier alpha value is -1.48. The fraction of sp³-hybridized carbons (Fsp3) is 0. The van der Waals surface area contributed by atoms with Crippen molar-refractivity contribution in [2.45, 2.75) is 0 Å². The van der Waals surface area contributed by atoms with Crippen LogP contribution in [-0.4, -0.2) is 5.11 Å². The number of nitrogens with two attached hydrogens (primary N) is 1. The summed E-state index contributed by atoms with van der Waals surface area (Å²) in [6.45, 7) is 0. The molecule has 0 atom stereocenters. The van der Waals surface area contributed by atoms with Crippen molar-refractivity contribution >= 4 is 17.0 Å². The van der Waals surface area contributed by atoms with Crippen LogP contribution in [0, 0.1) is 0 Å². The molecule has 0 aliphatic rings. The Labute approximate surface area is 80.3 Å². The minimum Gasteiger partial charge on any atom is -0.508 e. The largest absolute Gasteiger partial charge is 0.508 e. The third-order valence-corrected chi connectivity index (χ3v) is 2.80. The van der Waals surface area contributed by atoms with Crippen molar-refractivity contribution in [3.63, 3.8) is 0 Å². The minimum absolute atomic E-state index is 0.277. The van der Waals surface area contributed by atoms with E-state index in [9.17, 15) is 0 Å². The molecule has 13 heavy (non-hydrogen) atoms. The number of phenolic OH excluding ortho intramolecular Hbond substituents is 1. The summed E-state index contributed by atoms with van der Waals surface area (Å²) in [4.78, 5) is 1.06. The number of nitrogen functional groups attached to an aromatic ring is 1. The number of benzene rings is 1. The lowest BCUT2D eigenvalue weighted by atomic mass is 10.1. The molecule has 0 unspecified atom stereocenters. The monoisotopic (exact) mass is 191 g/mol. The fourth-order valence-corrected chi connectivity index (χ4v) is 1.99. The lowest BCUT2D eigenvalue weighted by Gasteiger charge is -1.99. The molecule has 2 aromatic rings. The number of thiophene rings is 1. The number of hydrogen-bond acceptors (Lipinski definition) is 3. The van der Waals surface area contributed by atoms with Crippen LogP contribution in [0.15, 0.2) is 35.7 Å². The first-order valence-electron chi connectivity index (χ1n) is 3.90. The highest BCUT2D eigenvalue weighted by atomic mass is 32.1. The molecule has 3 heteroatoms. The average Bonchev–Trinajstić information content (AvgIpc) is 2.53. The third kappa shape index (κ3) is 1.51. The molecule has 1 aromatic heterocycles. The number of hydrogen-bond donors (Lipinski definition) is 2. The lowest BCUT2D eigenvalue weighted by molar-refractivity contribution is 0.475. The van der Waals surface area contributed by atoms with Gasteiger partial charge in [0, 0.05) is 0 Å². The van der Waals surface area contributed by atoms with Gasteiger partial charge in [-0.05, 0) is 41.3 Å². The maximum absolute atomic E-state index is 9.10. The van der Waals surface area contributed by atoms with Crippen LogP contribution in [0.2, 0.25) is 0 Å². The van der Waals surface area contributed by atoms with Gasteiger partial charge in [0.2, 0.25) is 0 Å². The van der Waals surface area contributed by atoms with Crippen molar-refractivity contribution in [3.8, 4) is 16.2 Å². The molecule has 1 aromatic carbocycles. The van der Waals surface area contributed by atoms with E-state index < -0.39 is 0 Å². The Morgan fingerprint density at radius 1 is 1.08 bits per heavy atom. The molecule has 2 rings (SSSR count). The Kier molecular flexibility index (Phi) is 1.94. The minimum atomic E-state index is 0.277. The zero-order valence-electron chi connectivity index (χ0n) is 6.90.